The molecule has 12 heteroatoms. The number of ether oxygens (including phenoxy) is 3. The maximum atomic E-state index is 14.0. The predicted molar refractivity (Wildman–Crippen MR) is 191 cm³/mol. The SMILES string of the molecule is CCOc1cc(C)c(-c2nc3ccccc3c(=O)n2N=Cc2cc(OC)c(OCC(=O)Nc3ccccc3F)c(Cl)c2Br)cc1C(C)C. The van der Waals surface area contributed by atoms with Gasteiger partial charge in [-0.1, -0.05) is 49.7 Å². The summed E-state index contributed by atoms with van der Waals surface area (Å²) in [4.78, 5) is 31.3. The van der Waals surface area contributed by atoms with Gasteiger partial charge in [-0.3, -0.25) is 9.59 Å². The van der Waals surface area contributed by atoms with Crippen molar-refractivity contribution in [2.24, 2.45) is 5.10 Å². The van der Waals surface area contributed by atoms with Crippen molar-refractivity contribution in [3.63, 3.8) is 0 Å². The topological polar surface area (TPSA) is 104 Å². The highest BCUT2D eigenvalue weighted by Gasteiger charge is 2.21. The van der Waals surface area contributed by atoms with Crippen molar-refractivity contribution >= 4 is 56.2 Å². The third kappa shape index (κ3) is 7.22. The molecule has 4 aromatic carbocycles. The van der Waals surface area contributed by atoms with E-state index in [4.69, 9.17) is 30.8 Å². The summed E-state index contributed by atoms with van der Waals surface area (Å²) in [6.45, 7) is 8.09. The second-order valence-electron chi connectivity index (χ2n) is 11.0. The summed E-state index contributed by atoms with van der Waals surface area (Å²) in [5, 5.41) is 7.57. The van der Waals surface area contributed by atoms with Crippen molar-refractivity contribution in [2.45, 2.75) is 33.6 Å². The molecule has 0 atom stereocenters. The van der Waals surface area contributed by atoms with Crippen LogP contribution >= 0.6 is 27.5 Å². The van der Waals surface area contributed by atoms with Crippen LogP contribution in [-0.2, 0) is 4.79 Å². The zero-order valence-electron chi connectivity index (χ0n) is 26.9. The van der Waals surface area contributed by atoms with Gasteiger partial charge >= 0.3 is 0 Å². The first-order valence-electron chi connectivity index (χ1n) is 15.1. The number of benzene rings is 4. The molecule has 0 bridgehead atoms. The average Bonchev–Trinajstić information content (AvgIpc) is 3.06. The molecule has 1 aromatic heterocycles. The standard InChI is InChI=1S/C36H33BrClFN4O5/c1-6-47-29-15-21(4)25(17-24(29)20(2)3)35-42-27-13-9-7-11-23(27)36(45)43(35)40-18-22-16-30(46-5)34(33(38)32(22)37)48-19-31(44)41-28-14-10-8-12-26(28)39/h7-18,20H,6,19H2,1-5H3,(H,41,44). The van der Waals surface area contributed by atoms with Crippen LogP contribution in [0.4, 0.5) is 10.1 Å². The Bertz CT molecular complexity index is 2100. The van der Waals surface area contributed by atoms with Crippen molar-refractivity contribution in [1.82, 2.24) is 9.66 Å². The van der Waals surface area contributed by atoms with E-state index >= 15 is 0 Å². The lowest BCUT2D eigenvalue weighted by Gasteiger charge is -2.18. The molecule has 0 fully saturated rings. The van der Waals surface area contributed by atoms with Crippen LogP contribution in [0.25, 0.3) is 22.3 Å². The van der Waals surface area contributed by atoms with E-state index in [1.54, 1.807) is 30.3 Å². The number of hydrogen-bond donors (Lipinski definition) is 1. The minimum absolute atomic E-state index is 0.0237. The second-order valence-corrected chi connectivity index (χ2v) is 12.2. The quantitative estimate of drug-likeness (QED) is 0.137. The molecule has 0 aliphatic heterocycles. The third-order valence-electron chi connectivity index (χ3n) is 7.46. The fourth-order valence-corrected chi connectivity index (χ4v) is 5.72. The smallest absolute Gasteiger partial charge is 0.282 e. The first-order chi connectivity index (χ1) is 23.0. The molecule has 0 spiro atoms. The van der Waals surface area contributed by atoms with Crippen molar-refractivity contribution in [2.75, 3.05) is 25.6 Å². The Kier molecular flexibility index (Phi) is 10.8. The number of anilines is 1. The molecule has 9 nitrogen and oxygen atoms in total. The molecule has 0 radical (unpaired) electrons. The molecule has 1 heterocycles. The third-order valence-corrected chi connectivity index (χ3v) is 8.90. The molecule has 0 saturated carbocycles. The number of halogens is 3. The summed E-state index contributed by atoms with van der Waals surface area (Å²) in [6.07, 6.45) is 1.46. The average molecular weight is 736 g/mol. The van der Waals surface area contributed by atoms with Gasteiger partial charge in [0.2, 0.25) is 0 Å². The summed E-state index contributed by atoms with van der Waals surface area (Å²) in [6, 6.07) is 18.4. The van der Waals surface area contributed by atoms with Gasteiger partial charge < -0.3 is 19.5 Å². The summed E-state index contributed by atoms with van der Waals surface area (Å²) in [5.41, 5.74) is 3.23. The number of nitrogens with zero attached hydrogens (tertiary/aromatic N) is 3. The maximum absolute atomic E-state index is 14.0. The van der Waals surface area contributed by atoms with Crippen LogP contribution in [0, 0.1) is 12.7 Å². The highest BCUT2D eigenvalue weighted by atomic mass is 79.9. The number of rotatable bonds is 11. The van der Waals surface area contributed by atoms with Gasteiger partial charge in [-0.05, 0) is 89.3 Å². The summed E-state index contributed by atoms with van der Waals surface area (Å²) >= 11 is 10.2. The van der Waals surface area contributed by atoms with Crippen molar-refractivity contribution in [3.8, 4) is 28.6 Å². The molecule has 0 unspecified atom stereocenters. The minimum Gasteiger partial charge on any atom is -0.494 e. The molecule has 0 aliphatic carbocycles. The van der Waals surface area contributed by atoms with E-state index in [2.05, 4.69) is 40.2 Å². The van der Waals surface area contributed by atoms with Crippen molar-refractivity contribution < 1.29 is 23.4 Å². The van der Waals surface area contributed by atoms with Crippen LogP contribution in [0.15, 0.2) is 81.1 Å². The molecular weight excluding hydrogens is 703 g/mol. The van der Waals surface area contributed by atoms with Gasteiger partial charge in [-0.2, -0.15) is 9.78 Å². The number of aromatic nitrogens is 2. The number of hydrogen-bond acceptors (Lipinski definition) is 7. The van der Waals surface area contributed by atoms with Crippen molar-refractivity contribution in [3.05, 3.63) is 109 Å². The fraction of sp³-hybridized carbons (Fsp3) is 0.222. The van der Waals surface area contributed by atoms with Gasteiger partial charge in [0, 0.05) is 15.6 Å². The molecule has 0 aliphatic rings. The molecule has 1 N–H and O–H groups in total. The number of para-hydroxylation sites is 2. The lowest BCUT2D eigenvalue weighted by Crippen LogP contribution is -2.21. The Morgan fingerprint density at radius 2 is 1.83 bits per heavy atom. The Morgan fingerprint density at radius 1 is 1.10 bits per heavy atom. The van der Waals surface area contributed by atoms with Crippen LogP contribution < -0.4 is 25.1 Å². The van der Waals surface area contributed by atoms with Crippen molar-refractivity contribution in [1.29, 1.82) is 0 Å². The van der Waals surface area contributed by atoms with Gasteiger partial charge in [-0.25, -0.2) is 9.37 Å². The van der Waals surface area contributed by atoms with E-state index in [9.17, 15) is 14.0 Å². The van der Waals surface area contributed by atoms with E-state index < -0.39 is 18.3 Å². The van der Waals surface area contributed by atoms with Crippen LogP contribution in [0.5, 0.6) is 17.2 Å². The number of amides is 1. The van der Waals surface area contributed by atoms with Gasteiger partial charge in [0.05, 0.1) is 36.5 Å². The van der Waals surface area contributed by atoms with E-state index in [1.807, 2.05) is 32.0 Å². The van der Waals surface area contributed by atoms with Gasteiger partial charge in [0.25, 0.3) is 11.5 Å². The first-order valence-corrected chi connectivity index (χ1v) is 16.3. The number of nitrogens with one attached hydrogen (secondary N) is 1. The largest absolute Gasteiger partial charge is 0.494 e. The number of carbonyl (C=O) groups excluding carboxylic acids is 1. The molecular formula is C36H33BrClFN4O5. The molecule has 5 aromatic rings. The molecule has 48 heavy (non-hydrogen) atoms. The van der Waals surface area contributed by atoms with Gasteiger partial charge in [0.15, 0.2) is 23.9 Å². The number of fused-ring (bicyclic) bond motifs is 1. The number of aryl methyl sites for hydroxylation is 1. The van der Waals surface area contributed by atoms with Crippen LogP contribution in [0.2, 0.25) is 5.02 Å². The molecule has 0 saturated heterocycles. The lowest BCUT2D eigenvalue weighted by molar-refractivity contribution is -0.118. The monoisotopic (exact) mass is 734 g/mol. The lowest BCUT2D eigenvalue weighted by atomic mass is 9.96. The van der Waals surface area contributed by atoms with E-state index in [0.29, 0.717) is 33.4 Å². The first kappa shape index (κ1) is 34.6. The Balaban J connectivity index is 1.55. The van der Waals surface area contributed by atoms with Gasteiger partial charge in [-0.15, -0.1) is 0 Å². The van der Waals surface area contributed by atoms with Crippen LogP contribution in [0.3, 0.4) is 0 Å². The summed E-state index contributed by atoms with van der Waals surface area (Å²) < 4.78 is 32.8. The fourth-order valence-electron chi connectivity index (χ4n) is 5.07. The number of methoxy groups -OCH3 is 1. The van der Waals surface area contributed by atoms with Crippen LogP contribution in [-0.4, -0.2) is 42.1 Å². The predicted octanol–water partition coefficient (Wildman–Crippen LogP) is 8.36. The molecule has 5 rings (SSSR count). The van der Waals surface area contributed by atoms with E-state index in [0.717, 1.165) is 22.4 Å². The minimum atomic E-state index is -0.596. The zero-order valence-corrected chi connectivity index (χ0v) is 29.3. The number of carbonyl (C=O) groups is 1. The summed E-state index contributed by atoms with van der Waals surface area (Å²) in [7, 11) is 1.42. The van der Waals surface area contributed by atoms with E-state index in [1.165, 1.54) is 36.2 Å². The highest BCUT2D eigenvalue weighted by molar-refractivity contribution is 9.10. The molecule has 248 valence electrons. The molecule has 1 amide bonds. The zero-order chi connectivity index (χ0) is 34.5. The Morgan fingerprint density at radius 3 is 2.54 bits per heavy atom. The van der Waals surface area contributed by atoms with Crippen LogP contribution in [0.1, 0.15) is 43.4 Å². The Labute approximate surface area is 290 Å². The summed E-state index contributed by atoms with van der Waals surface area (Å²) in [5.74, 6) is 0.402. The van der Waals surface area contributed by atoms with Gasteiger partial charge in [0.1, 0.15) is 16.6 Å². The highest BCUT2D eigenvalue weighted by Crippen LogP contribution is 2.42. The maximum Gasteiger partial charge on any atom is 0.282 e. The second kappa shape index (κ2) is 15.0. The Hall–Kier alpha value is -4.74. The normalized spacial score (nSPS) is 11.4. The van der Waals surface area contributed by atoms with E-state index in [-0.39, 0.29) is 33.7 Å².